The van der Waals surface area contributed by atoms with Crippen LogP contribution in [-0.4, -0.2) is 33.9 Å². The van der Waals surface area contributed by atoms with Gasteiger partial charge in [-0.15, -0.1) is 0 Å². The summed E-state index contributed by atoms with van der Waals surface area (Å²) in [6.45, 7) is 2.55. The Hall–Kier alpha value is -2.74. The zero-order valence-corrected chi connectivity index (χ0v) is 16.1. The van der Waals surface area contributed by atoms with Crippen molar-refractivity contribution in [2.75, 3.05) is 23.9 Å². The molecule has 0 spiro atoms. The summed E-state index contributed by atoms with van der Waals surface area (Å²) in [5, 5.41) is 2.81. The Balaban J connectivity index is 1.62. The van der Waals surface area contributed by atoms with Crippen LogP contribution in [0.3, 0.4) is 0 Å². The van der Waals surface area contributed by atoms with Crippen LogP contribution in [0.5, 0.6) is 11.5 Å². The van der Waals surface area contributed by atoms with Crippen LogP contribution in [0, 0.1) is 6.92 Å². The number of carbonyl (C=O) groups is 1. The monoisotopic (exact) mass is 390 g/mol. The van der Waals surface area contributed by atoms with E-state index in [4.69, 9.17) is 9.47 Å². The van der Waals surface area contributed by atoms with Crippen LogP contribution < -0.4 is 19.1 Å². The van der Waals surface area contributed by atoms with Crippen LogP contribution in [-0.2, 0) is 21.4 Å². The Morgan fingerprint density at radius 1 is 1.11 bits per heavy atom. The third-order valence-electron chi connectivity index (χ3n) is 4.20. The molecule has 0 atom stereocenters. The fourth-order valence-electron chi connectivity index (χ4n) is 2.72. The number of rotatable bonds is 7. The third kappa shape index (κ3) is 4.91. The number of hydrogen-bond acceptors (Lipinski definition) is 5. The summed E-state index contributed by atoms with van der Waals surface area (Å²) >= 11 is 0. The molecule has 3 rings (SSSR count). The minimum atomic E-state index is -3.55. The van der Waals surface area contributed by atoms with E-state index in [0.717, 1.165) is 17.4 Å². The van der Waals surface area contributed by atoms with Crippen molar-refractivity contribution >= 4 is 21.6 Å². The van der Waals surface area contributed by atoms with E-state index in [1.54, 1.807) is 18.2 Å². The van der Waals surface area contributed by atoms with Crippen LogP contribution >= 0.6 is 0 Å². The highest BCUT2D eigenvalue weighted by Gasteiger charge is 2.22. The molecule has 0 fully saturated rings. The summed E-state index contributed by atoms with van der Waals surface area (Å²) in [7, 11) is -3.55. The third-order valence-corrected chi connectivity index (χ3v) is 5.39. The van der Waals surface area contributed by atoms with Crippen molar-refractivity contribution in [3.63, 3.8) is 0 Å². The molecule has 0 saturated carbocycles. The number of ether oxygens (including phenoxy) is 2. The maximum absolute atomic E-state index is 12.2. The van der Waals surface area contributed by atoms with Gasteiger partial charge in [0.25, 0.3) is 0 Å². The summed E-state index contributed by atoms with van der Waals surface area (Å²) < 4.78 is 36.1. The molecule has 144 valence electrons. The molecular formula is C19H22N2O5S. The maximum atomic E-state index is 12.2. The number of benzene rings is 2. The summed E-state index contributed by atoms with van der Waals surface area (Å²) in [5.41, 5.74) is 2.58. The number of hydrogen-bond donors (Lipinski definition) is 1. The molecule has 1 aliphatic rings. The normalized spacial score (nSPS) is 12.7. The van der Waals surface area contributed by atoms with Gasteiger partial charge in [0.2, 0.25) is 22.7 Å². The van der Waals surface area contributed by atoms with E-state index >= 15 is 0 Å². The molecule has 0 bridgehead atoms. The number of anilines is 1. The predicted octanol–water partition coefficient (Wildman–Crippen LogP) is 2.20. The van der Waals surface area contributed by atoms with Gasteiger partial charge in [0.05, 0.1) is 11.9 Å². The first-order valence-electron chi connectivity index (χ1n) is 8.52. The van der Waals surface area contributed by atoms with E-state index in [1.165, 1.54) is 4.31 Å². The Kier molecular flexibility index (Phi) is 5.55. The van der Waals surface area contributed by atoms with E-state index < -0.39 is 10.0 Å². The molecular weight excluding hydrogens is 368 g/mol. The fourth-order valence-corrected chi connectivity index (χ4v) is 3.64. The predicted molar refractivity (Wildman–Crippen MR) is 102 cm³/mol. The molecule has 1 amide bonds. The number of sulfonamides is 1. The Bertz CT molecular complexity index is 926. The molecule has 8 heteroatoms. The zero-order valence-electron chi connectivity index (χ0n) is 15.3. The summed E-state index contributed by atoms with van der Waals surface area (Å²) in [5.74, 6) is 0.845. The Morgan fingerprint density at radius 3 is 2.52 bits per heavy atom. The smallest absolute Gasteiger partial charge is 0.232 e. The van der Waals surface area contributed by atoms with Crippen molar-refractivity contribution < 1.29 is 22.7 Å². The molecule has 7 nitrogen and oxygen atoms in total. The van der Waals surface area contributed by atoms with Gasteiger partial charge in [-0.2, -0.15) is 0 Å². The lowest BCUT2D eigenvalue weighted by Crippen LogP contribution is -2.34. The van der Waals surface area contributed by atoms with Crippen LogP contribution in [0.25, 0.3) is 0 Å². The highest BCUT2D eigenvalue weighted by Crippen LogP contribution is 2.36. The highest BCUT2D eigenvalue weighted by atomic mass is 32.2. The molecule has 1 heterocycles. The number of amides is 1. The molecule has 1 N–H and O–H groups in total. The Morgan fingerprint density at radius 2 is 1.81 bits per heavy atom. The lowest BCUT2D eigenvalue weighted by molar-refractivity contribution is -0.121. The van der Waals surface area contributed by atoms with E-state index in [0.29, 0.717) is 23.7 Å². The van der Waals surface area contributed by atoms with Gasteiger partial charge >= 0.3 is 0 Å². The second-order valence-electron chi connectivity index (χ2n) is 6.39. The lowest BCUT2D eigenvalue weighted by Gasteiger charge is -2.22. The van der Waals surface area contributed by atoms with Gasteiger partial charge in [0, 0.05) is 25.6 Å². The molecule has 0 unspecified atom stereocenters. The van der Waals surface area contributed by atoms with Gasteiger partial charge in [-0.1, -0.05) is 29.8 Å². The molecule has 0 radical (unpaired) electrons. The molecule has 1 aliphatic heterocycles. The highest BCUT2D eigenvalue weighted by molar-refractivity contribution is 7.92. The quantitative estimate of drug-likeness (QED) is 0.783. The van der Waals surface area contributed by atoms with Gasteiger partial charge in [-0.3, -0.25) is 9.10 Å². The molecule has 0 aliphatic carbocycles. The minimum absolute atomic E-state index is 0.0399. The Labute approximate surface area is 158 Å². The largest absolute Gasteiger partial charge is 0.454 e. The number of nitrogens with one attached hydrogen (secondary N) is 1. The van der Waals surface area contributed by atoms with Gasteiger partial charge < -0.3 is 14.8 Å². The SMILES string of the molecule is Cc1ccc(CNC(=O)CCN(c2ccc3c(c2)OCO3)S(C)(=O)=O)cc1. The van der Waals surface area contributed by atoms with E-state index in [2.05, 4.69) is 5.32 Å². The zero-order chi connectivity index (χ0) is 19.4. The first-order chi connectivity index (χ1) is 12.8. The number of aryl methyl sites for hydroxylation is 1. The molecule has 2 aromatic rings. The van der Waals surface area contributed by atoms with E-state index in [-0.39, 0.29) is 25.7 Å². The van der Waals surface area contributed by atoms with Crippen molar-refractivity contribution in [2.45, 2.75) is 19.9 Å². The van der Waals surface area contributed by atoms with Crippen LogP contribution in [0.15, 0.2) is 42.5 Å². The first-order valence-corrected chi connectivity index (χ1v) is 10.4. The van der Waals surface area contributed by atoms with Crippen molar-refractivity contribution in [1.82, 2.24) is 5.32 Å². The van der Waals surface area contributed by atoms with E-state index in [1.807, 2.05) is 31.2 Å². The van der Waals surface area contributed by atoms with Gasteiger partial charge in [-0.25, -0.2) is 8.42 Å². The summed E-state index contributed by atoms with van der Waals surface area (Å²) in [6, 6.07) is 12.8. The standard InChI is InChI=1S/C19H22N2O5S/c1-14-3-5-15(6-4-14)12-20-19(22)9-10-21(27(2,23)24)16-7-8-17-18(11-16)26-13-25-17/h3-8,11H,9-10,12-13H2,1-2H3,(H,20,22). The minimum Gasteiger partial charge on any atom is -0.454 e. The maximum Gasteiger partial charge on any atom is 0.232 e. The fraction of sp³-hybridized carbons (Fsp3) is 0.316. The van der Waals surface area contributed by atoms with Crippen LogP contribution in [0.4, 0.5) is 5.69 Å². The van der Waals surface area contributed by atoms with Crippen molar-refractivity contribution in [1.29, 1.82) is 0 Å². The number of fused-ring (bicyclic) bond motifs is 1. The van der Waals surface area contributed by atoms with Crippen molar-refractivity contribution in [2.24, 2.45) is 0 Å². The average molecular weight is 390 g/mol. The second kappa shape index (κ2) is 7.87. The number of nitrogens with zero attached hydrogens (tertiary/aromatic N) is 1. The summed E-state index contributed by atoms with van der Waals surface area (Å²) in [6.07, 6.45) is 1.16. The van der Waals surface area contributed by atoms with Crippen molar-refractivity contribution in [3.8, 4) is 11.5 Å². The van der Waals surface area contributed by atoms with Crippen LogP contribution in [0.1, 0.15) is 17.5 Å². The topological polar surface area (TPSA) is 84.9 Å². The molecule has 2 aromatic carbocycles. The molecule has 0 aromatic heterocycles. The molecule has 0 saturated heterocycles. The van der Waals surface area contributed by atoms with Gasteiger partial charge in [0.15, 0.2) is 11.5 Å². The summed E-state index contributed by atoms with van der Waals surface area (Å²) in [4.78, 5) is 12.2. The van der Waals surface area contributed by atoms with Gasteiger partial charge in [-0.05, 0) is 24.6 Å². The molecule has 27 heavy (non-hydrogen) atoms. The van der Waals surface area contributed by atoms with Crippen LogP contribution in [0.2, 0.25) is 0 Å². The average Bonchev–Trinajstić information content (AvgIpc) is 3.08. The van der Waals surface area contributed by atoms with E-state index in [9.17, 15) is 13.2 Å². The lowest BCUT2D eigenvalue weighted by atomic mass is 10.1. The second-order valence-corrected chi connectivity index (χ2v) is 8.29. The number of carbonyl (C=O) groups excluding carboxylic acids is 1. The van der Waals surface area contributed by atoms with Gasteiger partial charge in [0.1, 0.15) is 0 Å². The first kappa shape index (κ1) is 19.0. The van der Waals surface area contributed by atoms with Crippen molar-refractivity contribution in [3.05, 3.63) is 53.6 Å².